The van der Waals surface area contributed by atoms with E-state index in [0.29, 0.717) is 18.9 Å². The molecular formula is C13H17FN2O4S. The number of nitro benzene ring substituents is 1. The molecule has 0 amide bonds. The predicted octanol–water partition coefficient (Wildman–Crippen LogP) is 2.59. The second-order valence-electron chi connectivity index (χ2n) is 6.10. The molecule has 0 aromatic heterocycles. The Morgan fingerprint density at radius 3 is 2.57 bits per heavy atom. The van der Waals surface area contributed by atoms with Crippen LogP contribution in [-0.4, -0.2) is 19.4 Å². The molecule has 1 fully saturated rings. The van der Waals surface area contributed by atoms with E-state index in [-0.39, 0.29) is 11.5 Å². The number of non-ortho nitro benzene ring substituents is 1. The van der Waals surface area contributed by atoms with Gasteiger partial charge in [-0.3, -0.25) is 10.1 Å². The highest BCUT2D eigenvalue weighted by molar-refractivity contribution is 7.89. The Morgan fingerprint density at radius 2 is 2.10 bits per heavy atom. The number of hydrogen-bond donors (Lipinski definition) is 1. The summed E-state index contributed by atoms with van der Waals surface area (Å²) < 4.78 is 40.6. The first-order valence-electron chi connectivity index (χ1n) is 6.57. The number of nitrogens with zero attached hydrogens (tertiary/aromatic N) is 1. The zero-order valence-corrected chi connectivity index (χ0v) is 12.6. The smallest absolute Gasteiger partial charge is 0.258 e. The summed E-state index contributed by atoms with van der Waals surface area (Å²) in [6.45, 7) is 4.10. The summed E-state index contributed by atoms with van der Waals surface area (Å²) in [5, 5.41) is 10.5. The van der Waals surface area contributed by atoms with Crippen LogP contribution >= 0.6 is 0 Å². The molecule has 1 saturated carbocycles. The molecule has 21 heavy (non-hydrogen) atoms. The van der Waals surface area contributed by atoms with Crippen LogP contribution < -0.4 is 4.72 Å². The highest BCUT2D eigenvalue weighted by Gasteiger charge is 2.34. The largest absolute Gasteiger partial charge is 0.272 e. The molecule has 1 atom stereocenters. The summed E-state index contributed by atoms with van der Waals surface area (Å²) in [6, 6.07) is 2.29. The van der Waals surface area contributed by atoms with Crippen molar-refractivity contribution in [3.05, 3.63) is 34.1 Å². The number of halogens is 1. The summed E-state index contributed by atoms with van der Waals surface area (Å²) in [4.78, 5) is 9.21. The van der Waals surface area contributed by atoms with E-state index in [1.165, 1.54) is 0 Å². The maximum atomic E-state index is 13.8. The van der Waals surface area contributed by atoms with Crippen LogP contribution in [0.3, 0.4) is 0 Å². The fraction of sp³-hybridized carbons (Fsp3) is 0.538. The number of nitrogens with one attached hydrogen (secondary N) is 1. The molecule has 2 rings (SSSR count). The summed E-state index contributed by atoms with van der Waals surface area (Å²) in [6.07, 6.45) is 2.27. The fourth-order valence-electron chi connectivity index (χ4n) is 2.64. The number of hydrogen-bond acceptors (Lipinski definition) is 4. The van der Waals surface area contributed by atoms with Crippen LogP contribution in [0, 0.1) is 21.3 Å². The lowest BCUT2D eigenvalue weighted by Crippen LogP contribution is -2.34. The molecule has 8 heteroatoms. The van der Waals surface area contributed by atoms with Gasteiger partial charge < -0.3 is 0 Å². The van der Waals surface area contributed by atoms with Crippen LogP contribution in [0.1, 0.15) is 33.1 Å². The molecular weight excluding hydrogens is 299 g/mol. The molecule has 1 aliphatic carbocycles. The van der Waals surface area contributed by atoms with E-state index < -0.39 is 31.3 Å². The van der Waals surface area contributed by atoms with Crippen molar-refractivity contribution in [1.29, 1.82) is 0 Å². The second kappa shape index (κ2) is 5.34. The van der Waals surface area contributed by atoms with Gasteiger partial charge in [0, 0.05) is 12.1 Å². The molecule has 1 unspecified atom stereocenters. The van der Waals surface area contributed by atoms with Crippen molar-refractivity contribution < 1.29 is 17.7 Å². The SMILES string of the molecule is CC1(C)CCC(NS(=O)(=O)c2ccc([N+](=O)[O-])cc2F)C1. The van der Waals surface area contributed by atoms with Gasteiger partial charge in [-0.2, -0.15) is 0 Å². The van der Waals surface area contributed by atoms with Gasteiger partial charge in [0.25, 0.3) is 5.69 Å². The maximum Gasteiger partial charge on any atom is 0.272 e. The molecule has 0 heterocycles. The van der Waals surface area contributed by atoms with E-state index in [1.54, 1.807) is 0 Å². The fourth-order valence-corrected chi connectivity index (χ4v) is 3.97. The van der Waals surface area contributed by atoms with Gasteiger partial charge in [0.2, 0.25) is 10.0 Å². The van der Waals surface area contributed by atoms with Gasteiger partial charge in [0.15, 0.2) is 0 Å². The van der Waals surface area contributed by atoms with Crippen LogP contribution in [-0.2, 0) is 10.0 Å². The molecule has 0 spiro atoms. The van der Waals surface area contributed by atoms with Crippen LogP contribution in [0.25, 0.3) is 0 Å². The first-order chi connectivity index (χ1) is 9.61. The third-order valence-corrected chi connectivity index (χ3v) is 5.26. The number of nitro groups is 1. The minimum atomic E-state index is -4.01. The number of benzene rings is 1. The van der Waals surface area contributed by atoms with Gasteiger partial charge in [-0.25, -0.2) is 17.5 Å². The lowest BCUT2D eigenvalue weighted by Gasteiger charge is -2.18. The maximum absolute atomic E-state index is 13.8. The van der Waals surface area contributed by atoms with Crippen molar-refractivity contribution in [3.63, 3.8) is 0 Å². The lowest BCUT2D eigenvalue weighted by atomic mass is 9.92. The molecule has 0 radical (unpaired) electrons. The van der Waals surface area contributed by atoms with Crippen LogP contribution in [0.2, 0.25) is 0 Å². The zero-order chi connectivity index (χ0) is 15.8. The van der Waals surface area contributed by atoms with Gasteiger partial charge in [-0.05, 0) is 30.7 Å². The molecule has 1 aromatic carbocycles. The molecule has 6 nitrogen and oxygen atoms in total. The van der Waals surface area contributed by atoms with E-state index in [2.05, 4.69) is 4.72 Å². The van der Waals surface area contributed by atoms with Crippen molar-refractivity contribution in [2.45, 2.75) is 44.0 Å². The van der Waals surface area contributed by atoms with Gasteiger partial charge in [-0.15, -0.1) is 0 Å². The Bertz CT molecular complexity index is 673. The van der Waals surface area contributed by atoms with E-state index in [4.69, 9.17) is 0 Å². The van der Waals surface area contributed by atoms with Crippen molar-refractivity contribution in [3.8, 4) is 0 Å². The van der Waals surface area contributed by atoms with Crippen molar-refractivity contribution in [2.24, 2.45) is 5.41 Å². The molecule has 0 saturated heterocycles. The molecule has 116 valence electrons. The van der Waals surface area contributed by atoms with E-state index in [1.807, 2.05) is 13.8 Å². The monoisotopic (exact) mass is 316 g/mol. The van der Waals surface area contributed by atoms with Crippen molar-refractivity contribution >= 4 is 15.7 Å². The van der Waals surface area contributed by atoms with E-state index >= 15 is 0 Å². The van der Waals surface area contributed by atoms with Gasteiger partial charge >= 0.3 is 0 Å². The summed E-state index contributed by atoms with van der Waals surface area (Å²) in [7, 11) is -4.01. The highest BCUT2D eigenvalue weighted by Crippen LogP contribution is 2.37. The first-order valence-corrected chi connectivity index (χ1v) is 8.05. The normalized spacial score (nSPS) is 21.4. The Morgan fingerprint density at radius 1 is 1.43 bits per heavy atom. The Balaban J connectivity index is 2.22. The van der Waals surface area contributed by atoms with Crippen LogP contribution in [0.15, 0.2) is 23.1 Å². The summed E-state index contributed by atoms with van der Waals surface area (Å²) >= 11 is 0. The van der Waals surface area contributed by atoms with Crippen LogP contribution in [0.4, 0.5) is 10.1 Å². The third kappa shape index (κ3) is 3.56. The van der Waals surface area contributed by atoms with Crippen LogP contribution in [0.5, 0.6) is 0 Å². The topological polar surface area (TPSA) is 89.3 Å². The highest BCUT2D eigenvalue weighted by atomic mass is 32.2. The average molecular weight is 316 g/mol. The zero-order valence-electron chi connectivity index (χ0n) is 11.8. The molecule has 1 aromatic rings. The van der Waals surface area contributed by atoms with E-state index in [9.17, 15) is 22.9 Å². The summed E-state index contributed by atoms with van der Waals surface area (Å²) in [5.41, 5.74) is -0.422. The minimum Gasteiger partial charge on any atom is -0.258 e. The minimum absolute atomic E-state index is 0.0568. The molecule has 0 bridgehead atoms. The predicted molar refractivity (Wildman–Crippen MR) is 74.8 cm³/mol. The molecule has 0 aliphatic heterocycles. The molecule has 1 N–H and O–H groups in total. The van der Waals surface area contributed by atoms with Gasteiger partial charge in [0.05, 0.1) is 11.0 Å². The number of sulfonamides is 1. The van der Waals surface area contributed by atoms with E-state index in [0.717, 1.165) is 18.6 Å². The third-order valence-electron chi connectivity index (χ3n) is 3.71. The number of rotatable bonds is 4. The van der Waals surface area contributed by atoms with Crippen molar-refractivity contribution in [1.82, 2.24) is 4.72 Å². The van der Waals surface area contributed by atoms with Gasteiger partial charge in [-0.1, -0.05) is 13.8 Å². The second-order valence-corrected chi connectivity index (χ2v) is 7.78. The first kappa shape index (κ1) is 15.8. The van der Waals surface area contributed by atoms with Crippen molar-refractivity contribution in [2.75, 3.05) is 0 Å². The standard InChI is InChI=1S/C13H17FN2O4S/c1-13(2)6-5-9(8-13)15-21(19,20)12-4-3-10(16(17)18)7-11(12)14/h3-4,7,9,15H,5-6,8H2,1-2H3. The Hall–Kier alpha value is -1.54. The Labute approximate surface area is 122 Å². The average Bonchev–Trinajstić information content (AvgIpc) is 2.67. The Kier molecular flexibility index (Phi) is 4.03. The molecule has 1 aliphatic rings. The quantitative estimate of drug-likeness (QED) is 0.683. The summed E-state index contributed by atoms with van der Waals surface area (Å²) in [5.74, 6) is -1.12. The lowest BCUT2D eigenvalue weighted by molar-refractivity contribution is -0.385. The van der Waals surface area contributed by atoms with Gasteiger partial charge in [0.1, 0.15) is 10.7 Å².